The quantitative estimate of drug-likeness (QED) is 0.352. The largest absolute Gasteiger partial charge is 0.461 e. The number of carbonyl (C=O) groups is 4. The zero-order chi connectivity index (χ0) is 24.1. The first-order valence-corrected chi connectivity index (χ1v) is 10.7. The molecule has 1 aromatic rings. The van der Waals surface area contributed by atoms with E-state index in [2.05, 4.69) is 16.0 Å². The van der Waals surface area contributed by atoms with Crippen molar-refractivity contribution in [1.82, 2.24) is 16.0 Å². The molecule has 32 heavy (non-hydrogen) atoms. The van der Waals surface area contributed by atoms with Crippen molar-refractivity contribution in [2.24, 2.45) is 5.41 Å². The Morgan fingerprint density at radius 2 is 1.62 bits per heavy atom. The van der Waals surface area contributed by atoms with Gasteiger partial charge in [-0.15, -0.1) is 0 Å². The molecule has 9 heteroatoms. The van der Waals surface area contributed by atoms with Gasteiger partial charge in [0.05, 0.1) is 13.0 Å². The fraction of sp³-hybridized carbons (Fsp3) is 0.565. The minimum absolute atomic E-state index is 0.0395. The first-order chi connectivity index (χ1) is 15.1. The third-order valence-electron chi connectivity index (χ3n) is 4.61. The van der Waals surface area contributed by atoms with Crippen molar-refractivity contribution in [1.29, 1.82) is 0 Å². The number of rotatable bonds is 11. The van der Waals surface area contributed by atoms with Crippen LogP contribution in [0.15, 0.2) is 30.3 Å². The predicted molar refractivity (Wildman–Crippen MR) is 119 cm³/mol. The summed E-state index contributed by atoms with van der Waals surface area (Å²) in [6, 6.07) is 6.95. The van der Waals surface area contributed by atoms with Crippen molar-refractivity contribution in [3.63, 3.8) is 0 Å². The van der Waals surface area contributed by atoms with Gasteiger partial charge < -0.3 is 25.4 Å². The summed E-state index contributed by atoms with van der Waals surface area (Å²) in [7, 11) is 1.47. The average Bonchev–Trinajstić information content (AvgIpc) is 2.75. The van der Waals surface area contributed by atoms with Gasteiger partial charge in [0.15, 0.2) is 0 Å². The lowest BCUT2D eigenvalue weighted by Gasteiger charge is -2.31. The van der Waals surface area contributed by atoms with Crippen LogP contribution in [0.4, 0.5) is 4.79 Å². The summed E-state index contributed by atoms with van der Waals surface area (Å²) in [5, 5.41) is 7.56. The van der Waals surface area contributed by atoms with Gasteiger partial charge in [0.25, 0.3) is 0 Å². The Kier molecular flexibility index (Phi) is 11.2. The average molecular weight is 450 g/mol. The lowest BCUT2D eigenvalue weighted by atomic mass is 9.86. The van der Waals surface area contributed by atoms with E-state index >= 15 is 0 Å². The fourth-order valence-electron chi connectivity index (χ4n) is 2.73. The van der Waals surface area contributed by atoms with Crippen LogP contribution in [0.2, 0.25) is 0 Å². The molecule has 9 nitrogen and oxygen atoms in total. The van der Waals surface area contributed by atoms with E-state index in [4.69, 9.17) is 9.47 Å². The number of carbonyl (C=O) groups excluding carboxylic acids is 4. The monoisotopic (exact) mass is 449 g/mol. The Balaban J connectivity index is 2.87. The highest BCUT2D eigenvalue weighted by Gasteiger charge is 2.35. The molecule has 1 aromatic carbocycles. The van der Waals surface area contributed by atoms with Crippen LogP contribution in [0, 0.1) is 5.41 Å². The molecule has 0 saturated carbocycles. The smallest absolute Gasteiger partial charge is 0.407 e. The second-order valence-electron chi connectivity index (χ2n) is 8.46. The number of alkyl carbamates (subject to hydrolysis) is 1. The minimum Gasteiger partial charge on any atom is -0.461 e. The number of unbranched alkanes of at least 4 members (excludes halogenated alkanes) is 1. The molecule has 1 rings (SSSR count). The van der Waals surface area contributed by atoms with Gasteiger partial charge in [-0.3, -0.25) is 14.4 Å². The summed E-state index contributed by atoms with van der Waals surface area (Å²) < 4.78 is 10.3. The van der Waals surface area contributed by atoms with Crippen molar-refractivity contribution in [2.45, 2.75) is 65.6 Å². The Hall–Kier alpha value is -3.10. The maximum absolute atomic E-state index is 12.9. The molecular weight excluding hydrogens is 414 g/mol. The van der Waals surface area contributed by atoms with Crippen LogP contribution in [0.25, 0.3) is 0 Å². The molecule has 0 aliphatic rings. The second kappa shape index (κ2) is 13.3. The SMILES string of the molecule is CCCCOC(=O)N[C@H](CC(=O)OCc1ccccc1)C(=O)N[C@H](C(=O)NC)C(C)(C)C. The van der Waals surface area contributed by atoms with Crippen molar-refractivity contribution < 1.29 is 28.7 Å². The van der Waals surface area contributed by atoms with E-state index in [0.29, 0.717) is 6.42 Å². The van der Waals surface area contributed by atoms with Gasteiger partial charge in [-0.05, 0) is 17.4 Å². The molecule has 0 aromatic heterocycles. The summed E-state index contributed by atoms with van der Waals surface area (Å²) in [6.07, 6.45) is 0.280. The van der Waals surface area contributed by atoms with E-state index in [1.807, 2.05) is 25.1 Å². The molecule has 2 atom stereocenters. The van der Waals surface area contributed by atoms with Crippen molar-refractivity contribution in [3.8, 4) is 0 Å². The van der Waals surface area contributed by atoms with Crippen LogP contribution in [0.5, 0.6) is 0 Å². The highest BCUT2D eigenvalue weighted by molar-refractivity contribution is 5.93. The van der Waals surface area contributed by atoms with Crippen LogP contribution < -0.4 is 16.0 Å². The highest BCUT2D eigenvalue weighted by atomic mass is 16.5. The normalized spacial score (nSPS) is 12.8. The molecular formula is C23H35N3O6. The van der Waals surface area contributed by atoms with E-state index in [9.17, 15) is 19.2 Å². The summed E-state index contributed by atoms with van der Waals surface area (Å²) in [4.78, 5) is 49.7. The van der Waals surface area contributed by atoms with E-state index < -0.39 is 41.9 Å². The number of esters is 1. The van der Waals surface area contributed by atoms with E-state index in [1.54, 1.807) is 32.9 Å². The maximum Gasteiger partial charge on any atom is 0.407 e. The molecule has 0 radical (unpaired) electrons. The summed E-state index contributed by atoms with van der Waals surface area (Å²) in [5.74, 6) is -1.74. The Morgan fingerprint density at radius 1 is 0.969 bits per heavy atom. The third-order valence-corrected chi connectivity index (χ3v) is 4.61. The van der Waals surface area contributed by atoms with Crippen LogP contribution in [-0.4, -0.2) is 49.6 Å². The molecule has 0 bridgehead atoms. The highest BCUT2D eigenvalue weighted by Crippen LogP contribution is 2.19. The van der Waals surface area contributed by atoms with Crippen molar-refractivity contribution in [3.05, 3.63) is 35.9 Å². The van der Waals surface area contributed by atoms with Gasteiger partial charge in [-0.2, -0.15) is 0 Å². The Bertz CT molecular complexity index is 761. The zero-order valence-electron chi connectivity index (χ0n) is 19.5. The molecule has 0 aliphatic heterocycles. The van der Waals surface area contributed by atoms with Crippen molar-refractivity contribution in [2.75, 3.05) is 13.7 Å². The van der Waals surface area contributed by atoms with Crippen LogP contribution >= 0.6 is 0 Å². The molecule has 178 valence electrons. The zero-order valence-corrected chi connectivity index (χ0v) is 19.5. The van der Waals surface area contributed by atoms with Crippen LogP contribution in [0.1, 0.15) is 52.5 Å². The molecule has 3 amide bonds. The number of hydrogen-bond donors (Lipinski definition) is 3. The van der Waals surface area contributed by atoms with E-state index in [1.165, 1.54) is 7.05 Å². The number of hydrogen-bond acceptors (Lipinski definition) is 6. The first kappa shape index (κ1) is 26.9. The second-order valence-corrected chi connectivity index (χ2v) is 8.46. The predicted octanol–water partition coefficient (Wildman–Crippen LogP) is 2.29. The molecule has 0 heterocycles. The van der Waals surface area contributed by atoms with Gasteiger partial charge in [0.2, 0.25) is 11.8 Å². The lowest BCUT2D eigenvalue weighted by Crippen LogP contribution is -2.58. The minimum atomic E-state index is -1.26. The van der Waals surface area contributed by atoms with Gasteiger partial charge in [-0.25, -0.2) is 4.79 Å². The van der Waals surface area contributed by atoms with Gasteiger partial charge >= 0.3 is 12.1 Å². The topological polar surface area (TPSA) is 123 Å². The molecule has 0 aliphatic carbocycles. The third kappa shape index (κ3) is 9.80. The summed E-state index contributed by atoms with van der Waals surface area (Å²) in [5.41, 5.74) is 0.191. The molecule has 0 saturated heterocycles. The van der Waals surface area contributed by atoms with Crippen molar-refractivity contribution >= 4 is 23.9 Å². The number of nitrogens with one attached hydrogen (secondary N) is 3. The number of amides is 3. The van der Waals surface area contributed by atoms with Gasteiger partial charge in [-0.1, -0.05) is 64.4 Å². The molecule has 0 unspecified atom stereocenters. The van der Waals surface area contributed by atoms with Gasteiger partial charge in [0, 0.05) is 7.05 Å². The lowest BCUT2D eigenvalue weighted by molar-refractivity contribution is -0.147. The number of likely N-dealkylation sites (N-methyl/N-ethyl adjacent to an activating group) is 1. The van der Waals surface area contributed by atoms with E-state index in [-0.39, 0.29) is 19.1 Å². The number of ether oxygens (including phenoxy) is 2. The fourth-order valence-corrected chi connectivity index (χ4v) is 2.73. The van der Waals surface area contributed by atoms with E-state index in [0.717, 1.165) is 12.0 Å². The molecule has 0 spiro atoms. The summed E-state index contributed by atoms with van der Waals surface area (Å²) >= 11 is 0. The van der Waals surface area contributed by atoms with Crippen LogP contribution in [0.3, 0.4) is 0 Å². The summed E-state index contributed by atoms with van der Waals surface area (Å²) in [6.45, 7) is 7.57. The standard InChI is InChI=1S/C23H35N3O6/c1-6-7-13-31-22(30)25-17(14-18(27)32-15-16-11-9-8-10-12-16)20(28)26-19(21(29)24-5)23(2,3)4/h8-12,17,19H,6-7,13-15H2,1-5H3,(H,24,29)(H,25,30)(H,26,28)/t17-,19-/m1/s1. The Morgan fingerprint density at radius 3 is 2.19 bits per heavy atom. The van der Waals surface area contributed by atoms with Gasteiger partial charge in [0.1, 0.15) is 18.7 Å². The molecule has 3 N–H and O–H groups in total. The maximum atomic E-state index is 12.9. The first-order valence-electron chi connectivity index (χ1n) is 10.7. The number of benzene rings is 1. The molecule has 0 fully saturated rings. The van der Waals surface area contributed by atoms with Crippen LogP contribution in [-0.2, 0) is 30.5 Å². The Labute approximate surface area is 189 Å².